The number of hydrogen-bond donors (Lipinski definition) is 2. The Morgan fingerprint density at radius 3 is 3.10 bits per heavy atom. The van der Waals surface area contributed by atoms with Gasteiger partial charge in [0.05, 0.1) is 12.7 Å². The first-order chi connectivity index (χ1) is 10.3. The number of rotatable bonds is 5. The predicted molar refractivity (Wildman–Crippen MR) is 84.3 cm³/mol. The molecular weight excluding hydrogens is 284 g/mol. The van der Waals surface area contributed by atoms with Crippen LogP contribution in [-0.4, -0.2) is 20.4 Å². The van der Waals surface area contributed by atoms with Gasteiger partial charge in [0, 0.05) is 23.3 Å². The third kappa shape index (κ3) is 2.34. The minimum atomic E-state index is 0.549. The van der Waals surface area contributed by atoms with Crippen molar-refractivity contribution in [2.75, 3.05) is 10.3 Å². The average Bonchev–Trinajstić information content (AvgIpc) is 3.02. The van der Waals surface area contributed by atoms with E-state index in [4.69, 9.17) is 5.84 Å². The van der Waals surface area contributed by atoms with Gasteiger partial charge in [0.2, 0.25) is 0 Å². The van der Waals surface area contributed by atoms with Crippen LogP contribution in [-0.2, 0) is 6.54 Å². The Balaban J connectivity index is 1.79. The molecule has 0 atom stereocenters. The fourth-order valence-electron chi connectivity index (χ4n) is 2.51. The average molecular weight is 300 g/mol. The van der Waals surface area contributed by atoms with Crippen molar-refractivity contribution >= 4 is 28.6 Å². The molecule has 1 fully saturated rings. The van der Waals surface area contributed by atoms with Crippen LogP contribution in [0.1, 0.15) is 17.7 Å². The van der Waals surface area contributed by atoms with E-state index in [1.165, 1.54) is 17.7 Å². The first kappa shape index (κ1) is 12.6. The van der Waals surface area contributed by atoms with E-state index in [-0.39, 0.29) is 0 Å². The second-order valence-electron chi connectivity index (χ2n) is 5.19. The molecule has 1 aliphatic carbocycles. The maximum atomic E-state index is 5.54. The van der Waals surface area contributed by atoms with Crippen molar-refractivity contribution < 1.29 is 0 Å². The van der Waals surface area contributed by atoms with Crippen LogP contribution in [0.25, 0.3) is 5.65 Å². The smallest absolute Gasteiger partial charge is 0.180 e. The van der Waals surface area contributed by atoms with Gasteiger partial charge in [-0.15, -0.1) is 11.3 Å². The highest BCUT2D eigenvalue weighted by molar-refractivity contribution is 7.09. The van der Waals surface area contributed by atoms with Gasteiger partial charge >= 0.3 is 0 Å². The monoisotopic (exact) mass is 300 g/mol. The summed E-state index contributed by atoms with van der Waals surface area (Å²) in [5, 5.41) is 2.11. The van der Waals surface area contributed by atoms with E-state index in [2.05, 4.69) is 37.8 Å². The number of fused-ring (bicyclic) bond motifs is 1. The van der Waals surface area contributed by atoms with Gasteiger partial charge in [0.25, 0.3) is 0 Å². The van der Waals surface area contributed by atoms with Crippen molar-refractivity contribution in [2.24, 2.45) is 5.84 Å². The van der Waals surface area contributed by atoms with E-state index in [0.717, 1.165) is 18.0 Å². The fraction of sp³-hybridized carbons (Fsp3) is 0.286. The normalized spacial score (nSPS) is 14.5. The molecule has 1 saturated carbocycles. The summed E-state index contributed by atoms with van der Waals surface area (Å²) in [7, 11) is 0. The SMILES string of the molecule is NNc1cn2ccnc2c(N(Cc2cccs2)C2CC2)n1. The Hall–Kier alpha value is -2.12. The van der Waals surface area contributed by atoms with Gasteiger partial charge in [0.1, 0.15) is 0 Å². The number of nitrogens with zero attached hydrogens (tertiary/aromatic N) is 4. The molecular formula is C14H16N6S. The lowest BCUT2D eigenvalue weighted by molar-refractivity contribution is 0.785. The molecule has 0 spiro atoms. The van der Waals surface area contributed by atoms with Crippen molar-refractivity contribution in [2.45, 2.75) is 25.4 Å². The minimum absolute atomic E-state index is 0.549. The largest absolute Gasteiger partial charge is 0.345 e. The number of hydrazine groups is 1. The predicted octanol–water partition coefficient (Wildman–Crippen LogP) is 2.25. The molecule has 3 aromatic rings. The van der Waals surface area contributed by atoms with E-state index in [1.54, 1.807) is 17.5 Å². The fourth-order valence-corrected chi connectivity index (χ4v) is 3.21. The molecule has 3 N–H and O–H groups in total. The van der Waals surface area contributed by atoms with Gasteiger partial charge in [-0.25, -0.2) is 15.8 Å². The number of hydrogen-bond acceptors (Lipinski definition) is 6. The van der Waals surface area contributed by atoms with Crippen LogP contribution in [0.3, 0.4) is 0 Å². The zero-order valence-electron chi connectivity index (χ0n) is 11.4. The maximum absolute atomic E-state index is 5.54. The highest BCUT2D eigenvalue weighted by atomic mass is 32.1. The van der Waals surface area contributed by atoms with Crippen LogP contribution in [0.5, 0.6) is 0 Å². The molecule has 0 aromatic carbocycles. The summed E-state index contributed by atoms with van der Waals surface area (Å²) in [6.45, 7) is 0.867. The van der Waals surface area contributed by atoms with Gasteiger partial charge in [0.15, 0.2) is 17.3 Å². The molecule has 0 saturated heterocycles. The summed E-state index contributed by atoms with van der Waals surface area (Å²) in [4.78, 5) is 12.8. The van der Waals surface area contributed by atoms with Gasteiger partial charge in [-0.1, -0.05) is 6.07 Å². The van der Waals surface area contributed by atoms with Gasteiger partial charge < -0.3 is 14.7 Å². The van der Waals surface area contributed by atoms with Crippen molar-refractivity contribution in [3.05, 3.63) is 41.0 Å². The van der Waals surface area contributed by atoms with Crippen LogP contribution in [0.4, 0.5) is 11.6 Å². The summed E-state index contributed by atoms with van der Waals surface area (Å²) < 4.78 is 1.96. The zero-order chi connectivity index (χ0) is 14.2. The summed E-state index contributed by atoms with van der Waals surface area (Å²) in [6.07, 6.45) is 7.97. The molecule has 0 bridgehead atoms. The molecule has 1 aliphatic rings. The number of imidazole rings is 1. The summed E-state index contributed by atoms with van der Waals surface area (Å²) in [5.74, 6) is 7.08. The summed E-state index contributed by atoms with van der Waals surface area (Å²) >= 11 is 1.77. The van der Waals surface area contributed by atoms with Gasteiger partial charge in [-0.3, -0.25) is 0 Å². The molecule has 108 valence electrons. The number of nitrogen functional groups attached to an aromatic ring is 1. The van der Waals surface area contributed by atoms with Gasteiger partial charge in [-0.05, 0) is 24.3 Å². The quantitative estimate of drug-likeness (QED) is 0.558. The van der Waals surface area contributed by atoms with E-state index in [1.807, 2.05) is 16.8 Å². The van der Waals surface area contributed by atoms with Crippen LogP contribution in [0.2, 0.25) is 0 Å². The Kier molecular flexibility index (Phi) is 3.01. The first-order valence-electron chi connectivity index (χ1n) is 6.94. The highest BCUT2D eigenvalue weighted by Gasteiger charge is 2.32. The molecule has 6 nitrogen and oxygen atoms in total. The van der Waals surface area contributed by atoms with Crippen LogP contribution in [0.15, 0.2) is 36.1 Å². The third-order valence-electron chi connectivity index (χ3n) is 3.67. The van der Waals surface area contributed by atoms with Crippen LogP contribution in [0, 0.1) is 0 Å². The first-order valence-corrected chi connectivity index (χ1v) is 7.82. The van der Waals surface area contributed by atoms with Gasteiger partial charge in [-0.2, -0.15) is 0 Å². The summed E-state index contributed by atoms with van der Waals surface area (Å²) in [6, 6.07) is 4.79. The number of nitrogens with two attached hydrogens (primary N) is 1. The summed E-state index contributed by atoms with van der Waals surface area (Å²) in [5.41, 5.74) is 3.51. The number of thiophene rings is 1. The van der Waals surface area contributed by atoms with Crippen molar-refractivity contribution in [3.63, 3.8) is 0 Å². The molecule has 0 unspecified atom stereocenters. The minimum Gasteiger partial charge on any atom is -0.345 e. The standard InChI is InChI=1S/C14H16N6S/c15-18-12-9-19-6-5-16-13(19)14(17-12)20(10-3-4-10)8-11-2-1-7-21-11/h1-2,5-7,9-10,18H,3-4,8,15H2. The molecule has 7 heteroatoms. The lowest BCUT2D eigenvalue weighted by atomic mass is 10.3. The third-order valence-corrected chi connectivity index (χ3v) is 4.53. The van der Waals surface area contributed by atoms with Crippen LogP contribution >= 0.6 is 11.3 Å². The molecule has 0 amide bonds. The van der Waals surface area contributed by atoms with Crippen molar-refractivity contribution in [1.29, 1.82) is 0 Å². The van der Waals surface area contributed by atoms with Crippen LogP contribution < -0.4 is 16.2 Å². The Morgan fingerprint density at radius 1 is 1.48 bits per heavy atom. The molecule has 4 rings (SSSR count). The second kappa shape index (κ2) is 5.01. The molecule has 21 heavy (non-hydrogen) atoms. The number of anilines is 2. The number of nitrogens with one attached hydrogen (secondary N) is 1. The second-order valence-corrected chi connectivity index (χ2v) is 6.22. The molecule has 0 radical (unpaired) electrons. The molecule has 3 aromatic heterocycles. The topological polar surface area (TPSA) is 71.5 Å². The van der Waals surface area contributed by atoms with E-state index >= 15 is 0 Å². The molecule has 3 heterocycles. The number of aromatic nitrogens is 3. The molecule has 0 aliphatic heterocycles. The van der Waals surface area contributed by atoms with Crippen molar-refractivity contribution in [3.8, 4) is 0 Å². The maximum Gasteiger partial charge on any atom is 0.180 e. The Bertz CT molecular complexity index is 746. The Labute approximate surface area is 126 Å². The zero-order valence-corrected chi connectivity index (χ0v) is 12.3. The lowest BCUT2D eigenvalue weighted by Gasteiger charge is -2.23. The highest BCUT2D eigenvalue weighted by Crippen LogP contribution is 2.35. The Morgan fingerprint density at radius 2 is 2.38 bits per heavy atom. The van der Waals surface area contributed by atoms with E-state index in [9.17, 15) is 0 Å². The lowest BCUT2D eigenvalue weighted by Crippen LogP contribution is -2.27. The van der Waals surface area contributed by atoms with E-state index < -0.39 is 0 Å². The van der Waals surface area contributed by atoms with E-state index in [0.29, 0.717) is 11.9 Å². The van der Waals surface area contributed by atoms with Crippen molar-refractivity contribution in [1.82, 2.24) is 14.4 Å².